The van der Waals surface area contributed by atoms with Gasteiger partial charge in [-0.2, -0.15) is 5.10 Å². The molecular formula is C12H16ClN5O. The number of aromatic amines is 1. The van der Waals surface area contributed by atoms with Crippen LogP contribution in [0.4, 0.5) is 0 Å². The van der Waals surface area contributed by atoms with E-state index in [0.29, 0.717) is 13.0 Å². The lowest BCUT2D eigenvalue weighted by molar-refractivity contribution is 0.179. The Morgan fingerprint density at radius 3 is 3.05 bits per heavy atom. The molecule has 0 saturated heterocycles. The molecule has 2 aromatic rings. The molecule has 0 spiro atoms. The first-order valence-corrected chi connectivity index (χ1v) is 6.26. The van der Waals surface area contributed by atoms with Gasteiger partial charge < -0.3 is 10.5 Å². The fraction of sp³-hybridized carbons (Fsp3) is 0.417. The first-order valence-electron chi connectivity index (χ1n) is 5.88. The Morgan fingerprint density at radius 2 is 2.32 bits per heavy atom. The standard InChI is InChI=1S/C12H16ClN5O/c1-7-5-15-12(13)16-11(7)10-4-9(17-18-10)3-8(14)6-19-2/h4-5,8H,3,6,14H2,1-2H3,(H,17,18)/t8-/m1/s1. The van der Waals surface area contributed by atoms with Crippen molar-refractivity contribution in [1.82, 2.24) is 20.2 Å². The van der Waals surface area contributed by atoms with Crippen LogP contribution in [-0.4, -0.2) is 39.9 Å². The minimum atomic E-state index is -0.0729. The molecule has 2 heterocycles. The maximum Gasteiger partial charge on any atom is 0.222 e. The van der Waals surface area contributed by atoms with E-state index in [4.69, 9.17) is 22.1 Å². The number of hydrogen-bond acceptors (Lipinski definition) is 5. The Balaban J connectivity index is 2.18. The predicted molar refractivity (Wildman–Crippen MR) is 72.9 cm³/mol. The number of aromatic nitrogens is 4. The quantitative estimate of drug-likeness (QED) is 0.807. The summed E-state index contributed by atoms with van der Waals surface area (Å²) < 4.78 is 5.00. The lowest BCUT2D eigenvalue weighted by Crippen LogP contribution is -2.28. The van der Waals surface area contributed by atoms with Gasteiger partial charge in [0.2, 0.25) is 5.28 Å². The van der Waals surface area contributed by atoms with Crippen molar-refractivity contribution in [3.8, 4) is 11.4 Å². The van der Waals surface area contributed by atoms with E-state index in [1.165, 1.54) is 0 Å². The summed E-state index contributed by atoms with van der Waals surface area (Å²) in [6.45, 7) is 2.42. The monoisotopic (exact) mass is 281 g/mol. The van der Waals surface area contributed by atoms with E-state index >= 15 is 0 Å². The van der Waals surface area contributed by atoms with Gasteiger partial charge in [-0.15, -0.1) is 0 Å². The van der Waals surface area contributed by atoms with Crippen LogP contribution >= 0.6 is 11.6 Å². The lowest BCUT2D eigenvalue weighted by atomic mass is 10.1. The van der Waals surface area contributed by atoms with Gasteiger partial charge in [-0.3, -0.25) is 5.10 Å². The number of hydrogen-bond donors (Lipinski definition) is 2. The van der Waals surface area contributed by atoms with Crippen LogP contribution in [0.25, 0.3) is 11.4 Å². The molecule has 0 bridgehead atoms. The van der Waals surface area contributed by atoms with E-state index < -0.39 is 0 Å². The fourth-order valence-electron chi connectivity index (χ4n) is 1.82. The molecule has 7 heteroatoms. The molecule has 19 heavy (non-hydrogen) atoms. The average Bonchev–Trinajstić information content (AvgIpc) is 2.81. The van der Waals surface area contributed by atoms with Gasteiger partial charge in [-0.05, 0) is 30.2 Å². The van der Waals surface area contributed by atoms with Gasteiger partial charge in [-0.1, -0.05) is 0 Å². The number of ether oxygens (including phenoxy) is 1. The highest BCUT2D eigenvalue weighted by Gasteiger charge is 2.11. The molecule has 0 saturated carbocycles. The number of halogens is 1. The van der Waals surface area contributed by atoms with Gasteiger partial charge in [0.25, 0.3) is 0 Å². The zero-order valence-corrected chi connectivity index (χ0v) is 11.6. The zero-order valence-electron chi connectivity index (χ0n) is 10.9. The number of rotatable bonds is 5. The molecule has 2 rings (SSSR count). The molecule has 2 aromatic heterocycles. The Morgan fingerprint density at radius 1 is 1.53 bits per heavy atom. The second kappa shape index (κ2) is 6.10. The molecule has 6 nitrogen and oxygen atoms in total. The molecule has 0 aliphatic heterocycles. The minimum Gasteiger partial charge on any atom is -0.383 e. The topological polar surface area (TPSA) is 89.7 Å². The SMILES string of the molecule is COC[C@H](N)Cc1cc(-c2nc(Cl)ncc2C)[nH]n1. The van der Waals surface area contributed by atoms with Crippen molar-refractivity contribution in [1.29, 1.82) is 0 Å². The number of aryl methyl sites for hydroxylation is 1. The van der Waals surface area contributed by atoms with Crippen molar-refractivity contribution in [3.63, 3.8) is 0 Å². The van der Waals surface area contributed by atoms with Crippen LogP contribution in [0.1, 0.15) is 11.3 Å². The minimum absolute atomic E-state index is 0.0729. The van der Waals surface area contributed by atoms with Crippen molar-refractivity contribution < 1.29 is 4.74 Å². The van der Waals surface area contributed by atoms with Crippen molar-refractivity contribution in [2.24, 2.45) is 5.73 Å². The van der Waals surface area contributed by atoms with E-state index in [0.717, 1.165) is 22.6 Å². The second-order valence-corrected chi connectivity index (χ2v) is 4.70. The van der Waals surface area contributed by atoms with Crippen molar-refractivity contribution in [2.45, 2.75) is 19.4 Å². The van der Waals surface area contributed by atoms with Gasteiger partial charge in [0.1, 0.15) is 0 Å². The predicted octanol–water partition coefficient (Wildman–Crippen LogP) is 1.34. The largest absolute Gasteiger partial charge is 0.383 e. The number of nitrogens with two attached hydrogens (primary N) is 1. The van der Waals surface area contributed by atoms with Gasteiger partial charge in [0.05, 0.1) is 23.7 Å². The van der Waals surface area contributed by atoms with E-state index in [2.05, 4.69) is 20.2 Å². The van der Waals surface area contributed by atoms with Crippen molar-refractivity contribution in [3.05, 3.63) is 28.8 Å². The first kappa shape index (κ1) is 13.9. The highest BCUT2D eigenvalue weighted by atomic mass is 35.5. The fourth-order valence-corrected chi connectivity index (χ4v) is 1.96. The number of methoxy groups -OCH3 is 1. The molecule has 1 atom stereocenters. The highest BCUT2D eigenvalue weighted by Crippen LogP contribution is 2.20. The van der Waals surface area contributed by atoms with Crippen molar-refractivity contribution >= 4 is 11.6 Å². The summed E-state index contributed by atoms with van der Waals surface area (Å²) in [4.78, 5) is 8.13. The van der Waals surface area contributed by atoms with E-state index in [9.17, 15) is 0 Å². The Kier molecular flexibility index (Phi) is 4.47. The molecule has 0 amide bonds. The third kappa shape index (κ3) is 3.50. The first-order chi connectivity index (χ1) is 9.10. The maximum atomic E-state index is 5.89. The van der Waals surface area contributed by atoms with Gasteiger partial charge >= 0.3 is 0 Å². The molecule has 0 fully saturated rings. The van der Waals surface area contributed by atoms with Crippen LogP contribution in [0.3, 0.4) is 0 Å². The molecule has 0 unspecified atom stereocenters. The third-order valence-electron chi connectivity index (χ3n) is 2.68. The normalized spacial score (nSPS) is 12.6. The van der Waals surface area contributed by atoms with Gasteiger partial charge in [-0.25, -0.2) is 9.97 Å². The van der Waals surface area contributed by atoms with E-state index in [1.54, 1.807) is 13.3 Å². The van der Waals surface area contributed by atoms with Gasteiger partial charge in [0, 0.05) is 25.8 Å². The van der Waals surface area contributed by atoms with Crippen LogP contribution in [-0.2, 0) is 11.2 Å². The third-order valence-corrected chi connectivity index (χ3v) is 2.86. The van der Waals surface area contributed by atoms with Crippen LogP contribution in [0.15, 0.2) is 12.3 Å². The summed E-state index contributed by atoms with van der Waals surface area (Å²) in [6, 6.07) is 1.84. The summed E-state index contributed by atoms with van der Waals surface area (Å²) in [5.74, 6) is 0. The summed E-state index contributed by atoms with van der Waals surface area (Å²) in [7, 11) is 1.63. The van der Waals surface area contributed by atoms with E-state index in [-0.39, 0.29) is 11.3 Å². The number of nitrogens with one attached hydrogen (secondary N) is 1. The summed E-state index contributed by atoms with van der Waals surface area (Å²) in [6.07, 6.45) is 2.32. The van der Waals surface area contributed by atoms with Gasteiger partial charge in [0.15, 0.2) is 0 Å². The molecule has 0 aliphatic carbocycles. The summed E-state index contributed by atoms with van der Waals surface area (Å²) in [5.41, 5.74) is 9.25. The van der Waals surface area contributed by atoms with Crippen LogP contribution < -0.4 is 5.73 Å². The summed E-state index contributed by atoms with van der Waals surface area (Å²) >= 11 is 5.81. The number of nitrogens with zero attached hydrogens (tertiary/aromatic N) is 3. The highest BCUT2D eigenvalue weighted by molar-refractivity contribution is 6.28. The Labute approximate surface area is 116 Å². The molecule has 0 aliphatic rings. The molecule has 0 radical (unpaired) electrons. The number of H-pyrrole nitrogens is 1. The molecule has 102 valence electrons. The smallest absolute Gasteiger partial charge is 0.222 e. The molecule has 0 aromatic carbocycles. The summed E-state index contributed by atoms with van der Waals surface area (Å²) in [5, 5.41) is 7.38. The molecule has 3 N–H and O–H groups in total. The average molecular weight is 282 g/mol. The molecular weight excluding hydrogens is 266 g/mol. The van der Waals surface area contributed by atoms with Crippen molar-refractivity contribution in [2.75, 3.05) is 13.7 Å². The van der Waals surface area contributed by atoms with Crippen LogP contribution in [0.2, 0.25) is 5.28 Å². The van der Waals surface area contributed by atoms with Crippen LogP contribution in [0, 0.1) is 6.92 Å². The van der Waals surface area contributed by atoms with Crippen LogP contribution in [0.5, 0.6) is 0 Å². The Bertz CT molecular complexity index is 557. The Hall–Kier alpha value is -1.50. The maximum absolute atomic E-state index is 5.89. The zero-order chi connectivity index (χ0) is 13.8. The second-order valence-electron chi connectivity index (χ2n) is 4.36. The lowest BCUT2D eigenvalue weighted by Gasteiger charge is -2.07. The van der Waals surface area contributed by atoms with E-state index in [1.807, 2.05) is 13.0 Å².